The predicted molar refractivity (Wildman–Crippen MR) is 122 cm³/mol. The SMILES string of the molecule is Nc1nc(OC2C[C@@H]3C[C@@H]3C2)nc2c1NC(=O)CN2Cc1cccc(CN2CCCC2)c1. The molecule has 1 aromatic heterocycles. The first kappa shape index (κ1) is 19.8. The Morgan fingerprint density at radius 1 is 1.06 bits per heavy atom. The van der Waals surface area contributed by atoms with Crippen molar-refractivity contribution in [1.82, 2.24) is 14.9 Å². The van der Waals surface area contributed by atoms with E-state index in [4.69, 9.17) is 10.5 Å². The van der Waals surface area contributed by atoms with E-state index in [-0.39, 0.29) is 24.4 Å². The van der Waals surface area contributed by atoms with Crippen LogP contribution in [0.3, 0.4) is 0 Å². The van der Waals surface area contributed by atoms with Crippen molar-refractivity contribution in [2.75, 3.05) is 35.6 Å². The number of carbonyl (C=O) groups is 1. The first-order chi connectivity index (χ1) is 15.6. The summed E-state index contributed by atoms with van der Waals surface area (Å²) < 4.78 is 6.09. The summed E-state index contributed by atoms with van der Waals surface area (Å²) in [6.45, 7) is 4.13. The van der Waals surface area contributed by atoms with Gasteiger partial charge in [-0.15, -0.1) is 0 Å². The van der Waals surface area contributed by atoms with E-state index >= 15 is 0 Å². The molecule has 1 aromatic carbocycles. The van der Waals surface area contributed by atoms with Gasteiger partial charge in [-0.1, -0.05) is 24.3 Å². The van der Waals surface area contributed by atoms with Crippen molar-refractivity contribution in [3.05, 3.63) is 35.4 Å². The third-order valence-electron chi connectivity index (χ3n) is 7.24. The van der Waals surface area contributed by atoms with Crippen LogP contribution in [0.1, 0.15) is 43.2 Å². The minimum Gasteiger partial charge on any atom is -0.460 e. The van der Waals surface area contributed by atoms with Crippen molar-refractivity contribution in [2.24, 2.45) is 11.8 Å². The van der Waals surface area contributed by atoms with Gasteiger partial charge in [0.25, 0.3) is 0 Å². The Hall–Kier alpha value is -2.87. The molecule has 1 amide bonds. The molecule has 2 aliphatic heterocycles. The van der Waals surface area contributed by atoms with Crippen molar-refractivity contribution in [1.29, 1.82) is 0 Å². The van der Waals surface area contributed by atoms with Gasteiger partial charge in [0.1, 0.15) is 11.8 Å². The molecule has 3 atom stereocenters. The second-order valence-corrected chi connectivity index (χ2v) is 9.76. The zero-order valence-corrected chi connectivity index (χ0v) is 18.3. The van der Waals surface area contributed by atoms with Gasteiger partial charge in [0.15, 0.2) is 11.6 Å². The number of hydrogen-bond donors (Lipinski definition) is 2. The zero-order chi connectivity index (χ0) is 21.7. The number of aromatic nitrogens is 2. The molecule has 2 aliphatic carbocycles. The highest BCUT2D eigenvalue weighted by Crippen LogP contribution is 2.52. The fourth-order valence-electron chi connectivity index (χ4n) is 5.55. The summed E-state index contributed by atoms with van der Waals surface area (Å²) in [5.41, 5.74) is 9.14. The number of nitrogen functional groups attached to an aromatic ring is 1. The van der Waals surface area contributed by atoms with Gasteiger partial charge < -0.3 is 20.7 Å². The summed E-state index contributed by atoms with van der Waals surface area (Å²) in [7, 11) is 0. The summed E-state index contributed by atoms with van der Waals surface area (Å²) in [6.07, 6.45) is 6.24. The number of hydrogen-bond acceptors (Lipinski definition) is 7. The van der Waals surface area contributed by atoms with Crippen LogP contribution < -0.4 is 20.7 Å². The van der Waals surface area contributed by atoms with E-state index in [0.29, 0.717) is 24.1 Å². The molecule has 0 radical (unpaired) electrons. The Balaban J connectivity index is 1.22. The highest BCUT2D eigenvalue weighted by molar-refractivity contribution is 6.03. The largest absolute Gasteiger partial charge is 0.460 e. The number of likely N-dealkylation sites (tertiary alicyclic amines) is 1. The lowest BCUT2D eigenvalue weighted by atomic mass is 10.1. The average molecular weight is 435 g/mol. The van der Waals surface area contributed by atoms with Crippen LogP contribution in [-0.2, 0) is 17.9 Å². The van der Waals surface area contributed by atoms with Gasteiger partial charge in [-0.2, -0.15) is 9.97 Å². The smallest absolute Gasteiger partial charge is 0.320 e. The first-order valence-electron chi connectivity index (χ1n) is 11.8. The van der Waals surface area contributed by atoms with E-state index in [1.165, 1.54) is 37.9 Å². The van der Waals surface area contributed by atoms with E-state index < -0.39 is 0 Å². The minimum atomic E-state index is -0.106. The Morgan fingerprint density at radius 3 is 2.59 bits per heavy atom. The minimum absolute atomic E-state index is 0.106. The third-order valence-corrected chi connectivity index (χ3v) is 7.24. The number of carbonyl (C=O) groups excluding carboxylic acids is 1. The molecule has 6 rings (SSSR count). The van der Waals surface area contributed by atoms with Crippen molar-refractivity contribution in [3.63, 3.8) is 0 Å². The maximum atomic E-state index is 12.4. The number of fused-ring (bicyclic) bond motifs is 2. The summed E-state index contributed by atoms with van der Waals surface area (Å²) in [6, 6.07) is 8.93. The number of amides is 1. The highest BCUT2D eigenvalue weighted by Gasteiger charge is 2.47. The van der Waals surface area contributed by atoms with Crippen molar-refractivity contribution in [3.8, 4) is 6.01 Å². The van der Waals surface area contributed by atoms with Crippen LogP contribution in [0.5, 0.6) is 6.01 Å². The molecular weight excluding hydrogens is 404 g/mol. The standard InChI is InChI=1S/C24H30N6O2/c25-22-21-23(28-24(27-22)32-19-10-17-9-18(17)11-19)30(14-20(31)26-21)13-16-5-3-4-15(8-16)12-29-6-1-2-7-29/h3-5,8,17-19H,1-2,6-7,9-14H2,(H,26,31)(H2,25,27,28)/t17-,18+,19?. The summed E-state index contributed by atoms with van der Waals surface area (Å²) in [4.78, 5) is 25.9. The van der Waals surface area contributed by atoms with Gasteiger partial charge in [0, 0.05) is 13.1 Å². The Bertz CT molecular complexity index is 1030. The first-order valence-corrected chi connectivity index (χ1v) is 11.8. The normalized spacial score (nSPS) is 26.6. The molecule has 8 nitrogen and oxygen atoms in total. The molecule has 1 unspecified atom stereocenters. The molecule has 3 N–H and O–H groups in total. The van der Waals surface area contributed by atoms with Crippen molar-refractivity contribution < 1.29 is 9.53 Å². The van der Waals surface area contributed by atoms with E-state index in [1.54, 1.807) is 0 Å². The van der Waals surface area contributed by atoms with Gasteiger partial charge in [0.2, 0.25) is 5.91 Å². The molecule has 32 heavy (non-hydrogen) atoms. The van der Waals surface area contributed by atoms with Gasteiger partial charge >= 0.3 is 6.01 Å². The fraction of sp³-hybridized carbons (Fsp3) is 0.542. The highest BCUT2D eigenvalue weighted by atomic mass is 16.5. The number of nitrogens with one attached hydrogen (secondary N) is 1. The van der Waals surface area contributed by atoms with Crippen LogP contribution in [0.25, 0.3) is 0 Å². The lowest BCUT2D eigenvalue weighted by molar-refractivity contribution is -0.115. The number of ether oxygens (including phenoxy) is 1. The Kier molecular flexibility index (Phi) is 4.90. The van der Waals surface area contributed by atoms with E-state index in [1.807, 2.05) is 4.90 Å². The molecule has 4 aliphatic rings. The molecule has 3 heterocycles. The van der Waals surface area contributed by atoms with E-state index in [9.17, 15) is 4.79 Å². The van der Waals surface area contributed by atoms with Crippen LogP contribution >= 0.6 is 0 Å². The Morgan fingerprint density at radius 2 is 1.81 bits per heavy atom. The van der Waals surface area contributed by atoms with Crippen LogP contribution in [0.15, 0.2) is 24.3 Å². The Labute approximate surface area is 188 Å². The van der Waals surface area contributed by atoms with E-state index in [0.717, 1.165) is 36.8 Å². The van der Waals surface area contributed by atoms with Crippen LogP contribution in [0.2, 0.25) is 0 Å². The molecule has 8 heteroatoms. The summed E-state index contributed by atoms with van der Waals surface area (Å²) in [5, 5.41) is 2.85. The van der Waals surface area contributed by atoms with Crippen LogP contribution in [0, 0.1) is 11.8 Å². The molecule has 0 bridgehead atoms. The lowest BCUT2D eigenvalue weighted by Crippen LogP contribution is -2.39. The number of nitrogens with two attached hydrogens (primary N) is 1. The van der Waals surface area contributed by atoms with E-state index in [2.05, 4.69) is 44.5 Å². The third kappa shape index (κ3) is 3.99. The van der Waals surface area contributed by atoms with Crippen LogP contribution in [0.4, 0.5) is 17.3 Å². The monoisotopic (exact) mass is 434 g/mol. The average Bonchev–Trinajstić information content (AvgIpc) is 3.11. The van der Waals surface area contributed by atoms with Gasteiger partial charge in [0.05, 0.1) is 6.54 Å². The zero-order valence-electron chi connectivity index (χ0n) is 18.3. The molecule has 168 valence electrons. The second-order valence-electron chi connectivity index (χ2n) is 9.76. The molecule has 0 spiro atoms. The predicted octanol–water partition coefficient (Wildman–Crippen LogP) is 2.79. The van der Waals surface area contributed by atoms with Crippen molar-refractivity contribution >= 4 is 23.2 Å². The van der Waals surface area contributed by atoms with Gasteiger partial charge in [-0.05, 0) is 68.2 Å². The van der Waals surface area contributed by atoms with Gasteiger partial charge in [-0.25, -0.2) is 0 Å². The molecule has 1 saturated heterocycles. The number of anilines is 3. The second kappa shape index (κ2) is 7.92. The quantitative estimate of drug-likeness (QED) is 0.722. The number of nitrogens with zero attached hydrogens (tertiary/aromatic N) is 4. The van der Waals surface area contributed by atoms with Crippen LogP contribution in [-0.4, -0.2) is 46.5 Å². The summed E-state index contributed by atoms with van der Waals surface area (Å²) in [5.74, 6) is 2.43. The molecule has 2 saturated carbocycles. The maximum absolute atomic E-state index is 12.4. The fourth-order valence-corrected chi connectivity index (χ4v) is 5.55. The van der Waals surface area contributed by atoms with Gasteiger partial charge in [-0.3, -0.25) is 9.69 Å². The maximum Gasteiger partial charge on any atom is 0.320 e. The molecular formula is C24H30N6O2. The molecule has 3 fully saturated rings. The molecule has 2 aromatic rings. The number of rotatable bonds is 6. The van der Waals surface area contributed by atoms with Crippen molar-refractivity contribution in [2.45, 2.75) is 51.3 Å². The lowest BCUT2D eigenvalue weighted by Gasteiger charge is -2.30. The number of benzene rings is 1. The summed E-state index contributed by atoms with van der Waals surface area (Å²) >= 11 is 0. The topological polar surface area (TPSA) is 96.6 Å².